The monoisotopic (exact) mass is 231 g/mol. The predicted octanol–water partition coefficient (Wildman–Crippen LogP) is 2.51. The number of pyridine rings is 1. The van der Waals surface area contributed by atoms with Crippen molar-refractivity contribution >= 4 is 5.97 Å². The van der Waals surface area contributed by atoms with Crippen LogP contribution in [0.25, 0.3) is 0 Å². The van der Waals surface area contributed by atoms with Gasteiger partial charge in [-0.15, -0.1) is 0 Å². The number of aromatic nitrogens is 1. The first kappa shape index (κ1) is 11.3. The maximum Gasteiger partial charge on any atom is 0.335 e. The Kier molecular flexibility index (Phi) is 3.14. The summed E-state index contributed by atoms with van der Waals surface area (Å²) < 4.78 is 13.6. The van der Waals surface area contributed by atoms with Gasteiger partial charge in [-0.05, 0) is 35.4 Å². The topological polar surface area (TPSA) is 50.2 Å². The highest BCUT2D eigenvalue weighted by molar-refractivity contribution is 5.87. The molecule has 1 heterocycles. The summed E-state index contributed by atoms with van der Waals surface area (Å²) in [6.45, 7) is 0. The van der Waals surface area contributed by atoms with Gasteiger partial charge in [0.2, 0.25) is 0 Å². The van der Waals surface area contributed by atoms with Crippen LogP contribution in [-0.2, 0) is 6.42 Å². The minimum Gasteiger partial charge on any atom is -0.478 e. The van der Waals surface area contributed by atoms with Gasteiger partial charge < -0.3 is 5.11 Å². The van der Waals surface area contributed by atoms with Gasteiger partial charge in [0.1, 0.15) is 5.82 Å². The molecule has 0 spiro atoms. The number of carbonyl (C=O) groups is 1. The van der Waals surface area contributed by atoms with E-state index in [-0.39, 0.29) is 5.56 Å². The summed E-state index contributed by atoms with van der Waals surface area (Å²) in [6, 6.07) is 7.54. The third-order valence-corrected chi connectivity index (χ3v) is 2.44. The van der Waals surface area contributed by atoms with Crippen molar-refractivity contribution in [3.05, 3.63) is 65.2 Å². The first-order valence-electron chi connectivity index (χ1n) is 5.07. The Morgan fingerprint density at radius 3 is 2.53 bits per heavy atom. The summed E-state index contributed by atoms with van der Waals surface area (Å²) in [5.41, 5.74) is 1.36. The molecule has 0 aliphatic rings. The molecule has 0 saturated carbocycles. The standard InChI is InChI=1S/C13H10FNO2/c14-12-8-11(13(16)17)2-1-10(12)7-9-3-5-15-6-4-9/h1-6,8H,7H2,(H,16,17). The van der Waals surface area contributed by atoms with Crippen LogP contribution in [-0.4, -0.2) is 16.1 Å². The molecule has 86 valence electrons. The molecule has 0 fully saturated rings. The molecule has 0 saturated heterocycles. The smallest absolute Gasteiger partial charge is 0.335 e. The Balaban J connectivity index is 2.26. The number of benzene rings is 1. The van der Waals surface area contributed by atoms with E-state index >= 15 is 0 Å². The summed E-state index contributed by atoms with van der Waals surface area (Å²) in [7, 11) is 0. The Hall–Kier alpha value is -2.23. The van der Waals surface area contributed by atoms with Gasteiger partial charge in [0.05, 0.1) is 5.56 Å². The van der Waals surface area contributed by atoms with Crippen LogP contribution in [0.4, 0.5) is 4.39 Å². The van der Waals surface area contributed by atoms with E-state index in [0.29, 0.717) is 12.0 Å². The Bertz CT molecular complexity index is 540. The fourth-order valence-corrected chi connectivity index (χ4v) is 1.54. The van der Waals surface area contributed by atoms with Gasteiger partial charge in [0, 0.05) is 18.8 Å². The van der Waals surface area contributed by atoms with Crippen molar-refractivity contribution in [1.29, 1.82) is 0 Å². The predicted molar refractivity (Wildman–Crippen MR) is 60.4 cm³/mol. The third-order valence-electron chi connectivity index (χ3n) is 2.44. The van der Waals surface area contributed by atoms with E-state index in [2.05, 4.69) is 4.98 Å². The zero-order valence-corrected chi connectivity index (χ0v) is 8.93. The van der Waals surface area contributed by atoms with Crippen molar-refractivity contribution in [1.82, 2.24) is 4.98 Å². The molecule has 3 nitrogen and oxygen atoms in total. The first-order valence-corrected chi connectivity index (χ1v) is 5.07. The minimum absolute atomic E-state index is 0.0408. The van der Waals surface area contributed by atoms with Gasteiger partial charge in [-0.25, -0.2) is 9.18 Å². The lowest BCUT2D eigenvalue weighted by atomic mass is 10.0. The molecular formula is C13H10FNO2. The maximum absolute atomic E-state index is 13.6. The minimum atomic E-state index is -1.13. The second-order valence-electron chi connectivity index (χ2n) is 3.64. The van der Waals surface area contributed by atoms with Crippen LogP contribution in [0.2, 0.25) is 0 Å². The number of halogens is 1. The molecule has 0 radical (unpaired) electrons. The molecule has 2 rings (SSSR count). The second-order valence-corrected chi connectivity index (χ2v) is 3.64. The lowest BCUT2D eigenvalue weighted by Crippen LogP contribution is -2.00. The molecule has 0 amide bonds. The van der Waals surface area contributed by atoms with Crippen molar-refractivity contribution in [2.75, 3.05) is 0 Å². The molecule has 1 aromatic heterocycles. The molecule has 1 N–H and O–H groups in total. The SMILES string of the molecule is O=C(O)c1ccc(Cc2ccncc2)c(F)c1. The number of aromatic carboxylic acids is 1. The Morgan fingerprint density at radius 1 is 1.24 bits per heavy atom. The van der Waals surface area contributed by atoms with Crippen molar-refractivity contribution < 1.29 is 14.3 Å². The van der Waals surface area contributed by atoms with Gasteiger partial charge in [0.15, 0.2) is 0 Å². The van der Waals surface area contributed by atoms with Gasteiger partial charge >= 0.3 is 5.97 Å². The first-order chi connectivity index (χ1) is 8.16. The van der Waals surface area contributed by atoms with E-state index in [9.17, 15) is 9.18 Å². The van der Waals surface area contributed by atoms with Crippen LogP contribution < -0.4 is 0 Å². The fourth-order valence-electron chi connectivity index (χ4n) is 1.54. The van der Waals surface area contributed by atoms with Crippen molar-refractivity contribution in [2.45, 2.75) is 6.42 Å². The Labute approximate surface area is 97.6 Å². The van der Waals surface area contributed by atoms with Crippen LogP contribution in [0.3, 0.4) is 0 Å². The molecule has 1 aromatic carbocycles. The van der Waals surface area contributed by atoms with Crippen molar-refractivity contribution in [3.8, 4) is 0 Å². The molecule has 0 aliphatic heterocycles. The number of nitrogens with zero attached hydrogens (tertiary/aromatic N) is 1. The third kappa shape index (κ3) is 2.66. The van der Waals surface area contributed by atoms with E-state index in [4.69, 9.17) is 5.11 Å². The summed E-state index contributed by atoms with van der Waals surface area (Å²) >= 11 is 0. The number of carboxylic acid groups (broad SMARTS) is 1. The molecule has 2 aromatic rings. The highest BCUT2D eigenvalue weighted by Crippen LogP contribution is 2.14. The lowest BCUT2D eigenvalue weighted by Gasteiger charge is -2.04. The molecule has 17 heavy (non-hydrogen) atoms. The maximum atomic E-state index is 13.6. The van der Waals surface area contributed by atoms with Crippen LogP contribution in [0.1, 0.15) is 21.5 Å². The van der Waals surface area contributed by atoms with E-state index in [0.717, 1.165) is 11.6 Å². The molecule has 4 heteroatoms. The van der Waals surface area contributed by atoms with Crippen LogP contribution >= 0.6 is 0 Å². The highest BCUT2D eigenvalue weighted by atomic mass is 19.1. The molecule has 0 unspecified atom stereocenters. The summed E-state index contributed by atoms with van der Waals surface area (Å²) in [5, 5.41) is 8.71. The normalized spacial score (nSPS) is 10.2. The van der Waals surface area contributed by atoms with Crippen LogP contribution in [0.15, 0.2) is 42.7 Å². The van der Waals surface area contributed by atoms with Gasteiger partial charge in [-0.2, -0.15) is 0 Å². The summed E-state index contributed by atoms with van der Waals surface area (Å²) in [4.78, 5) is 14.5. The quantitative estimate of drug-likeness (QED) is 0.882. The number of carboxylic acids is 1. The van der Waals surface area contributed by atoms with E-state index in [1.165, 1.54) is 12.1 Å². The van der Waals surface area contributed by atoms with E-state index in [1.807, 2.05) is 0 Å². The van der Waals surface area contributed by atoms with E-state index < -0.39 is 11.8 Å². The summed E-state index contributed by atoms with van der Waals surface area (Å²) in [5.74, 6) is -1.62. The zero-order chi connectivity index (χ0) is 12.3. The molecule has 0 aliphatic carbocycles. The Morgan fingerprint density at radius 2 is 1.94 bits per heavy atom. The van der Waals surface area contributed by atoms with Gasteiger partial charge in [0.25, 0.3) is 0 Å². The van der Waals surface area contributed by atoms with Crippen molar-refractivity contribution in [2.24, 2.45) is 0 Å². The second kappa shape index (κ2) is 4.74. The molecule has 0 atom stereocenters. The van der Waals surface area contributed by atoms with Crippen LogP contribution in [0.5, 0.6) is 0 Å². The van der Waals surface area contributed by atoms with Crippen molar-refractivity contribution in [3.63, 3.8) is 0 Å². The number of rotatable bonds is 3. The van der Waals surface area contributed by atoms with Gasteiger partial charge in [-0.3, -0.25) is 4.98 Å². The zero-order valence-electron chi connectivity index (χ0n) is 8.93. The van der Waals surface area contributed by atoms with Gasteiger partial charge in [-0.1, -0.05) is 6.07 Å². The average Bonchev–Trinajstić information content (AvgIpc) is 2.33. The number of hydrogen-bond donors (Lipinski definition) is 1. The van der Waals surface area contributed by atoms with Crippen LogP contribution in [0, 0.1) is 5.82 Å². The lowest BCUT2D eigenvalue weighted by molar-refractivity contribution is 0.0696. The highest BCUT2D eigenvalue weighted by Gasteiger charge is 2.08. The molecule has 0 bridgehead atoms. The summed E-state index contributed by atoms with van der Waals surface area (Å²) in [6.07, 6.45) is 3.70. The van der Waals surface area contributed by atoms with E-state index in [1.54, 1.807) is 24.5 Å². The average molecular weight is 231 g/mol. The fraction of sp³-hybridized carbons (Fsp3) is 0.0769. The number of hydrogen-bond acceptors (Lipinski definition) is 2. The largest absolute Gasteiger partial charge is 0.478 e. The molecular weight excluding hydrogens is 221 g/mol.